The van der Waals surface area contributed by atoms with Crippen LogP contribution < -0.4 is 5.73 Å². The first-order valence-corrected chi connectivity index (χ1v) is 7.50. The number of carboxylic acid groups (broad SMARTS) is 1. The Morgan fingerprint density at radius 2 is 2.11 bits per heavy atom. The molecular weight excluding hydrogens is 240 g/mol. The molecule has 4 nitrogen and oxygen atoms in total. The third-order valence-corrected chi connectivity index (χ3v) is 4.66. The van der Waals surface area contributed by atoms with Crippen molar-refractivity contribution in [3.05, 3.63) is 0 Å². The summed E-state index contributed by atoms with van der Waals surface area (Å²) in [6.45, 7) is 7.64. The van der Waals surface area contributed by atoms with E-state index in [9.17, 15) is 9.90 Å². The molecule has 0 bridgehead atoms. The van der Waals surface area contributed by atoms with Crippen LogP contribution in [-0.4, -0.2) is 41.1 Å². The molecule has 4 heteroatoms. The first-order valence-electron chi connectivity index (χ1n) is 7.50. The SMILES string of the molecule is CC(C)CC(C)N(C)CCC1CCCC1(N)C(=O)O. The Kier molecular flexibility index (Phi) is 5.81. The molecule has 0 aromatic heterocycles. The van der Waals surface area contributed by atoms with Crippen LogP contribution in [0.25, 0.3) is 0 Å². The average molecular weight is 270 g/mol. The van der Waals surface area contributed by atoms with Crippen molar-refractivity contribution in [1.82, 2.24) is 4.90 Å². The van der Waals surface area contributed by atoms with Gasteiger partial charge in [-0.15, -0.1) is 0 Å². The topological polar surface area (TPSA) is 66.6 Å². The van der Waals surface area contributed by atoms with E-state index >= 15 is 0 Å². The van der Waals surface area contributed by atoms with E-state index in [1.54, 1.807) is 0 Å². The second-order valence-corrected chi connectivity index (χ2v) is 6.68. The van der Waals surface area contributed by atoms with Gasteiger partial charge >= 0.3 is 5.97 Å². The average Bonchev–Trinajstić information content (AvgIpc) is 2.68. The number of hydrogen-bond donors (Lipinski definition) is 2. The molecule has 3 unspecified atom stereocenters. The minimum Gasteiger partial charge on any atom is -0.480 e. The van der Waals surface area contributed by atoms with Crippen LogP contribution >= 0.6 is 0 Å². The fourth-order valence-corrected chi connectivity index (χ4v) is 3.23. The number of carboxylic acids is 1. The summed E-state index contributed by atoms with van der Waals surface area (Å²) >= 11 is 0. The van der Waals surface area contributed by atoms with Crippen molar-refractivity contribution >= 4 is 5.97 Å². The Hall–Kier alpha value is -0.610. The molecule has 3 N–H and O–H groups in total. The maximum absolute atomic E-state index is 11.3. The molecule has 1 saturated carbocycles. The van der Waals surface area contributed by atoms with E-state index in [1.165, 1.54) is 6.42 Å². The number of carbonyl (C=O) groups is 1. The van der Waals surface area contributed by atoms with Crippen molar-refractivity contribution in [2.45, 2.75) is 64.5 Å². The van der Waals surface area contributed by atoms with Gasteiger partial charge in [0.05, 0.1) is 0 Å². The maximum atomic E-state index is 11.3. The Morgan fingerprint density at radius 3 is 2.63 bits per heavy atom. The van der Waals surface area contributed by atoms with Crippen molar-refractivity contribution in [3.63, 3.8) is 0 Å². The lowest BCUT2D eigenvalue weighted by molar-refractivity contribution is -0.144. The third-order valence-electron chi connectivity index (χ3n) is 4.66. The minimum absolute atomic E-state index is 0.124. The van der Waals surface area contributed by atoms with Crippen LogP contribution in [0.4, 0.5) is 0 Å². The molecular formula is C15H30N2O2. The molecule has 0 aliphatic heterocycles. The summed E-state index contributed by atoms with van der Waals surface area (Å²) in [4.78, 5) is 13.7. The van der Waals surface area contributed by atoms with Gasteiger partial charge in [0.1, 0.15) is 5.54 Å². The van der Waals surface area contributed by atoms with Gasteiger partial charge in [-0.1, -0.05) is 20.3 Å². The van der Waals surface area contributed by atoms with E-state index in [4.69, 9.17) is 5.73 Å². The lowest BCUT2D eigenvalue weighted by Gasteiger charge is -2.31. The van der Waals surface area contributed by atoms with Gasteiger partial charge in [-0.05, 0) is 58.0 Å². The first kappa shape index (κ1) is 16.4. The quantitative estimate of drug-likeness (QED) is 0.745. The Labute approximate surface area is 117 Å². The van der Waals surface area contributed by atoms with E-state index in [2.05, 4.69) is 32.7 Å². The molecule has 1 fully saturated rings. The summed E-state index contributed by atoms with van der Waals surface area (Å²) < 4.78 is 0. The van der Waals surface area contributed by atoms with Crippen LogP contribution in [-0.2, 0) is 4.79 Å². The van der Waals surface area contributed by atoms with Crippen molar-refractivity contribution in [2.24, 2.45) is 17.6 Å². The molecule has 0 amide bonds. The van der Waals surface area contributed by atoms with Gasteiger partial charge < -0.3 is 15.7 Å². The number of nitrogens with two attached hydrogens (primary N) is 1. The highest BCUT2D eigenvalue weighted by Gasteiger charge is 2.45. The maximum Gasteiger partial charge on any atom is 0.323 e. The van der Waals surface area contributed by atoms with Gasteiger partial charge in [0.25, 0.3) is 0 Å². The van der Waals surface area contributed by atoms with E-state index < -0.39 is 11.5 Å². The third kappa shape index (κ3) is 4.18. The van der Waals surface area contributed by atoms with Gasteiger partial charge in [-0.2, -0.15) is 0 Å². The van der Waals surface area contributed by atoms with Crippen LogP contribution in [0.3, 0.4) is 0 Å². The monoisotopic (exact) mass is 270 g/mol. The largest absolute Gasteiger partial charge is 0.480 e. The minimum atomic E-state index is -0.984. The molecule has 0 spiro atoms. The molecule has 112 valence electrons. The molecule has 0 aromatic carbocycles. The van der Waals surface area contributed by atoms with Gasteiger partial charge in [-0.3, -0.25) is 4.79 Å². The Bertz CT molecular complexity index is 307. The highest BCUT2D eigenvalue weighted by molar-refractivity contribution is 5.79. The molecule has 0 saturated heterocycles. The van der Waals surface area contributed by atoms with Crippen LogP contribution in [0.15, 0.2) is 0 Å². The molecule has 0 heterocycles. The highest BCUT2D eigenvalue weighted by Crippen LogP contribution is 2.36. The zero-order chi connectivity index (χ0) is 14.6. The van der Waals surface area contributed by atoms with E-state index in [1.807, 2.05) is 0 Å². The molecule has 1 aliphatic carbocycles. The van der Waals surface area contributed by atoms with Crippen molar-refractivity contribution in [3.8, 4) is 0 Å². The summed E-state index contributed by atoms with van der Waals surface area (Å²) in [7, 11) is 2.13. The van der Waals surface area contributed by atoms with Crippen LogP contribution in [0.2, 0.25) is 0 Å². The molecule has 0 radical (unpaired) electrons. The predicted octanol–water partition coefficient (Wildman–Crippen LogP) is 2.33. The summed E-state index contributed by atoms with van der Waals surface area (Å²) in [5, 5.41) is 9.30. The molecule has 19 heavy (non-hydrogen) atoms. The Morgan fingerprint density at radius 1 is 1.47 bits per heavy atom. The first-order chi connectivity index (χ1) is 8.77. The number of hydrogen-bond acceptors (Lipinski definition) is 3. The smallest absolute Gasteiger partial charge is 0.323 e. The Balaban J connectivity index is 2.45. The molecule has 1 rings (SSSR count). The van der Waals surface area contributed by atoms with Crippen molar-refractivity contribution in [2.75, 3.05) is 13.6 Å². The van der Waals surface area contributed by atoms with Crippen LogP contribution in [0.5, 0.6) is 0 Å². The van der Waals surface area contributed by atoms with Crippen LogP contribution in [0.1, 0.15) is 52.9 Å². The number of aliphatic carboxylic acids is 1. The summed E-state index contributed by atoms with van der Waals surface area (Å²) in [6, 6.07) is 0.540. The summed E-state index contributed by atoms with van der Waals surface area (Å²) in [5.41, 5.74) is 5.09. The summed E-state index contributed by atoms with van der Waals surface area (Å²) in [5.74, 6) is -0.0110. The standard InChI is InChI=1S/C15H30N2O2/c1-11(2)10-12(3)17(4)9-7-13-6-5-8-15(13,16)14(18)19/h11-13H,5-10,16H2,1-4H3,(H,18,19). The molecule has 3 atom stereocenters. The second-order valence-electron chi connectivity index (χ2n) is 6.68. The van der Waals surface area contributed by atoms with Gasteiger partial charge in [0.15, 0.2) is 0 Å². The van der Waals surface area contributed by atoms with Gasteiger partial charge in [0, 0.05) is 6.04 Å². The summed E-state index contributed by atoms with van der Waals surface area (Å²) in [6.07, 6.45) is 4.59. The number of rotatable bonds is 7. The van der Waals surface area contributed by atoms with E-state index in [0.29, 0.717) is 18.4 Å². The van der Waals surface area contributed by atoms with Gasteiger partial charge in [0.2, 0.25) is 0 Å². The normalized spacial score (nSPS) is 29.1. The predicted molar refractivity (Wildman–Crippen MR) is 78.1 cm³/mol. The fraction of sp³-hybridized carbons (Fsp3) is 0.933. The highest BCUT2D eigenvalue weighted by atomic mass is 16.4. The lowest BCUT2D eigenvalue weighted by atomic mass is 9.85. The zero-order valence-corrected chi connectivity index (χ0v) is 12.9. The molecule has 0 aromatic rings. The number of nitrogens with zero attached hydrogens (tertiary/aromatic N) is 1. The lowest BCUT2D eigenvalue weighted by Crippen LogP contribution is -2.51. The van der Waals surface area contributed by atoms with Gasteiger partial charge in [-0.25, -0.2) is 0 Å². The fourth-order valence-electron chi connectivity index (χ4n) is 3.23. The van der Waals surface area contributed by atoms with Crippen molar-refractivity contribution < 1.29 is 9.90 Å². The molecule has 1 aliphatic rings. The second kappa shape index (κ2) is 6.71. The van der Waals surface area contributed by atoms with E-state index in [0.717, 1.165) is 25.8 Å². The van der Waals surface area contributed by atoms with E-state index in [-0.39, 0.29) is 5.92 Å². The van der Waals surface area contributed by atoms with Crippen molar-refractivity contribution in [1.29, 1.82) is 0 Å². The zero-order valence-electron chi connectivity index (χ0n) is 12.9. The van der Waals surface area contributed by atoms with Crippen LogP contribution in [0, 0.1) is 11.8 Å².